The zero-order valence-corrected chi connectivity index (χ0v) is 16.1. The summed E-state index contributed by atoms with van der Waals surface area (Å²) in [6.45, 7) is 5.36. The van der Waals surface area contributed by atoms with Crippen molar-refractivity contribution in [2.45, 2.75) is 33.0 Å². The zero-order chi connectivity index (χ0) is 20.3. The first-order valence-electron chi connectivity index (χ1n) is 9.07. The minimum absolute atomic E-state index is 0.0824. The molecule has 2 atom stereocenters. The quantitative estimate of drug-likeness (QED) is 0.641. The fourth-order valence-corrected chi connectivity index (χ4v) is 3.05. The fourth-order valence-electron chi connectivity index (χ4n) is 3.05. The molecule has 1 aromatic heterocycles. The van der Waals surface area contributed by atoms with Crippen molar-refractivity contribution in [3.05, 3.63) is 75.6 Å². The molecule has 2 N–H and O–H groups in total. The highest BCUT2D eigenvalue weighted by Gasteiger charge is 2.19. The Morgan fingerprint density at radius 3 is 2.61 bits per heavy atom. The lowest BCUT2D eigenvalue weighted by Gasteiger charge is -2.18. The zero-order valence-electron chi connectivity index (χ0n) is 16.1. The summed E-state index contributed by atoms with van der Waals surface area (Å²) in [5, 5.41) is 13.5. The van der Waals surface area contributed by atoms with E-state index in [1.807, 2.05) is 25.1 Å². The Morgan fingerprint density at radius 2 is 1.89 bits per heavy atom. The van der Waals surface area contributed by atoms with Crippen LogP contribution in [-0.2, 0) is 4.79 Å². The van der Waals surface area contributed by atoms with Crippen molar-refractivity contribution in [2.24, 2.45) is 0 Å². The third-order valence-corrected chi connectivity index (χ3v) is 4.48. The second-order valence-electron chi connectivity index (χ2n) is 6.82. The lowest BCUT2D eigenvalue weighted by Crippen LogP contribution is -2.38. The third-order valence-electron chi connectivity index (χ3n) is 4.48. The van der Waals surface area contributed by atoms with Crippen molar-refractivity contribution in [1.82, 2.24) is 5.32 Å². The molecule has 0 radical (unpaired) electrons. The summed E-state index contributed by atoms with van der Waals surface area (Å²) >= 11 is 0. The standard InChI is InChI=1S/C22H23NO5/c1-13-9-18(21-14(2)11-20(25)28-19(21)10-13)27-15(3)22(26)23-12-17(24)16-7-5-4-6-8-16/h4-11,15,17,24H,12H2,1-3H3,(H,23,26)/t15-,17+/m1/s1. The molecule has 3 rings (SSSR count). The van der Waals surface area contributed by atoms with Crippen LogP contribution in [0.1, 0.15) is 29.7 Å². The predicted octanol–water partition coefficient (Wildman–Crippen LogP) is 3.03. The van der Waals surface area contributed by atoms with E-state index in [0.29, 0.717) is 22.3 Å². The van der Waals surface area contributed by atoms with Gasteiger partial charge in [-0.05, 0) is 49.6 Å². The van der Waals surface area contributed by atoms with Crippen molar-refractivity contribution < 1.29 is 19.1 Å². The van der Waals surface area contributed by atoms with Gasteiger partial charge in [-0.25, -0.2) is 4.79 Å². The number of aliphatic hydroxyl groups excluding tert-OH is 1. The third kappa shape index (κ3) is 4.40. The Bertz CT molecular complexity index is 1040. The first kappa shape index (κ1) is 19.6. The predicted molar refractivity (Wildman–Crippen MR) is 106 cm³/mol. The number of hydrogen-bond acceptors (Lipinski definition) is 5. The number of ether oxygens (including phenoxy) is 1. The van der Waals surface area contributed by atoms with E-state index >= 15 is 0 Å². The van der Waals surface area contributed by atoms with E-state index in [1.54, 1.807) is 38.1 Å². The highest BCUT2D eigenvalue weighted by Crippen LogP contribution is 2.30. The molecular weight excluding hydrogens is 358 g/mol. The molecule has 0 fully saturated rings. The van der Waals surface area contributed by atoms with Crippen LogP contribution in [-0.4, -0.2) is 23.7 Å². The Labute approximate surface area is 162 Å². The van der Waals surface area contributed by atoms with Gasteiger partial charge in [0.2, 0.25) is 0 Å². The molecule has 1 heterocycles. The van der Waals surface area contributed by atoms with Gasteiger partial charge in [-0.2, -0.15) is 0 Å². The maximum Gasteiger partial charge on any atom is 0.336 e. The summed E-state index contributed by atoms with van der Waals surface area (Å²) in [6.07, 6.45) is -1.59. The van der Waals surface area contributed by atoms with Crippen molar-refractivity contribution in [1.29, 1.82) is 0 Å². The summed E-state index contributed by atoms with van der Waals surface area (Å²) in [5.41, 5.74) is 2.29. The van der Waals surface area contributed by atoms with E-state index in [-0.39, 0.29) is 12.5 Å². The summed E-state index contributed by atoms with van der Waals surface area (Å²) < 4.78 is 11.1. The number of carbonyl (C=O) groups is 1. The molecule has 0 aliphatic rings. The summed E-state index contributed by atoms with van der Waals surface area (Å²) in [5.74, 6) is 0.127. The number of amides is 1. The van der Waals surface area contributed by atoms with Crippen LogP contribution in [0, 0.1) is 13.8 Å². The summed E-state index contributed by atoms with van der Waals surface area (Å²) in [4.78, 5) is 24.1. The van der Waals surface area contributed by atoms with Gasteiger partial charge in [0.05, 0.1) is 11.5 Å². The largest absolute Gasteiger partial charge is 0.480 e. The van der Waals surface area contributed by atoms with E-state index in [4.69, 9.17) is 9.15 Å². The molecule has 146 valence electrons. The molecule has 6 heteroatoms. The van der Waals surface area contributed by atoms with E-state index in [1.165, 1.54) is 6.07 Å². The van der Waals surface area contributed by atoms with Crippen molar-refractivity contribution >= 4 is 16.9 Å². The number of nitrogens with one attached hydrogen (secondary N) is 1. The number of fused-ring (bicyclic) bond motifs is 1. The Morgan fingerprint density at radius 1 is 1.18 bits per heavy atom. The topological polar surface area (TPSA) is 88.8 Å². The molecule has 1 amide bonds. The molecule has 0 aliphatic carbocycles. The second kappa shape index (κ2) is 8.27. The highest BCUT2D eigenvalue weighted by atomic mass is 16.5. The highest BCUT2D eigenvalue weighted by molar-refractivity contribution is 5.88. The van der Waals surface area contributed by atoms with Crippen molar-refractivity contribution in [3.8, 4) is 5.75 Å². The maximum absolute atomic E-state index is 12.4. The van der Waals surface area contributed by atoms with E-state index < -0.39 is 17.8 Å². The monoisotopic (exact) mass is 381 g/mol. The van der Waals surface area contributed by atoms with Crippen LogP contribution in [0.2, 0.25) is 0 Å². The van der Waals surface area contributed by atoms with E-state index in [9.17, 15) is 14.7 Å². The SMILES string of the molecule is Cc1cc(O[C@H](C)C(=O)NC[C@H](O)c2ccccc2)c2c(C)cc(=O)oc2c1. The second-order valence-corrected chi connectivity index (χ2v) is 6.82. The lowest BCUT2D eigenvalue weighted by molar-refractivity contribution is -0.127. The summed E-state index contributed by atoms with van der Waals surface area (Å²) in [7, 11) is 0. The fraction of sp³-hybridized carbons (Fsp3) is 0.273. The molecule has 2 aromatic carbocycles. The Kier molecular flexibility index (Phi) is 5.80. The van der Waals surface area contributed by atoms with Crippen LogP contribution in [0.4, 0.5) is 0 Å². The van der Waals surface area contributed by atoms with Gasteiger partial charge >= 0.3 is 5.63 Å². The van der Waals surface area contributed by atoms with Crippen LogP contribution in [0.25, 0.3) is 11.0 Å². The molecule has 0 saturated heterocycles. The van der Waals surface area contributed by atoms with E-state index in [2.05, 4.69) is 5.32 Å². The van der Waals surface area contributed by atoms with Gasteiger partial charge in [-0.15, -0.1) is 0 Å². The number of rotatable bonds is 6. The van der Waals surface area contributed by atoms with Crippen molar-refractivity contribution in [3.63, 3.8) is 0 Å². The first-order chi connectivity index (χ1) is 13.3. The average Bonchev–Trinajstić information content (AvgIpc) is 2.65. The lowest BCUT2D eigenvalue weighted by atomic mass is 10.1. The number of aliphatic hydroxyl groups is 1. The van der Waals surface area contributed by atoms with Crippen LogP contribution < -0.4 is 15.7 Å². The van der Waals surface area contributed by atoms with Crippen LogP contribution in [0.15, 0.2) is 57.7 Å². The van der Waals surface area contributed by atoms with Crippen molar-refractivity contribution in [2.75, 3.05) is 6.54 Å². The van der Waals surface area contributed by atoms with Gasteiger partial charge in [0.1, 0.15) is 11.3 Å². The normalized spacial score (nSPS) is 13.1. The maximum atomic E-state index is 12.4. The number of carbonyl (C=O) groups excluding carboxylic acids is 1. The number of aryl methyl sites for hydroxylation is 2. The number of benzene rings is 2. The molecule has 0 bridgehead atoms. The molecule has 3 aromatic rings. The van der Waals surface area contributed by atoms with Gasteiger partial charge in [0, 0.05) is 12.6 Å². The van der Waals surface area contributed by atoms with Crippen LogP contribution in [0.3, 0.4) is 0 Å². The molecule has 0 spiro atoms. The molecular formula is C22H23NO5. The minimum Gasteiger partial charge on any atom is -0.480 e. The molecule has 0 unspecified atom stereocenters. The number of hydrogen-bond donors (Lipinski definition) is 2. The summed E-state index contributed by atoms with van der Waals surface area (Å²) in [6, 6.07) is 14.1. The Hall–Kier alpha value is -3.12. The van der Waals surface area contributed by atoms with Gasteiger partial charge in [0.15, 0.2) is 6.10 Å². The molecule has 0 aliphatic heterocycles. The molecule has 28 heavy (non-hydrogen) atoms. The smallest absolute Gasteiger partial charge is 0.336 e. The van der Waals surface area contributed by atoms with Crippen LogP contribution >= 0.6 is 0 Å². The Balaban J connectivity index is 1.73. The van der Waals surface area contributed by atoms with Crippen LogP contribution in [0.5, 0.6) is 5.75 Å². The first-order valence-corrected chi connectivity index (χ1v) is 9.07. The van der Waals surface area contributed by atoms with Gasteiger partial charge in [-0.1, -0.05) is 30.3 Å². The molecule has 0 saturated carbocycles. The molecule has 6 nitrogen and oxygen atoms in total. The van der Waals surface area contributed by atoms with Gasteiger partial charge in [-0.3, -0.25) is 4.79 Å². The van der Waals surface area contributed by atoms with Gasteiger partial charge in [0.25, 0.3) is 5.91 Å². The average molecular weight is 381 g/mol. The van der Waals surface area contributed by atoms with Gasteiger partial charge < -0.3 is 19.6 Å². The van der Waals surface area contributed by atoms with E-state index in [0.717, 1.165) is 11.1 Å². The minimum atomic E-state index is -0.798.